The molecule has 31 heavy (non-hydrogen) atoms. The number of carboxylic acid groups (broad SMARTS) is 1. The number of hydrogen-bond donors (Lipinski definition) is 3. The van der Waals surface area contributed by atoms with Gasteiger partial charge in [-0.25, -0.2) is 13.2 Å². The molecular weight excluding hydrogens is 420 g/mol. The minimum absolute atomic E-state index is 0.000213. The van der Waals surface area contributed by atoms with Crippen LogP contribution in [0.3, 0.4) is 0 Å². The Hall–Kier alpha value is -2.62. The van der Waals surface area contributed by atoms with E-state index in [2.05, 4.69) is 5.32 Å². The summed E-state index contributed by atoms with van der Waals surface area (Å²) in [6.45, 7) is 3.68. The van der Waals surface area contributed by atoms with Gasteiger partial charge in [-0.1, -0.05) is 44.2 Å². The highest BCUT2D eigenvalue weighted by atomic mass is 32.2. The number of carbonyl (C=O) groups is 1. The van der Waals surface area contributed by atoms with Crippen LogP contribution in [0.2, 0.25) is 0 Å². The molecule has 3 N–H and O–H groups in total. The highest BCUT2D eigenvalue weighted by Crippen LogP contribution is 2.21. The predicted octanol–water partition coefficient (Wildman–Crippen LogP) is 2.58. The lowest BCUT2D eigenvalue weighted by Gasteiger charge is -2.30. The fourth-order valence-electron chi connectivity index (χ4n) is 3.22. The molecule has 0 heterocycles. The first kappa shape index (κ1) is 24.6. The smallest absolute Gasteiger partial charge is 0.404 e. The number of aliphatic hydroxyl groups is 1. The number of benzene rings is 2. The van der Waals surface area contributed by atoms with Gasteiger partial charge in [-0.05, 0) is 42.2 Å². The summed E-state index contributed by atoms with van der Waals surface area (Å²) < 4.78 is 32.8. The molecule has 8 nitrogen and oxygen atoms in total. The maximum Gasteiger partial charge on any atom is 0.404 e. The van der Waals surface area contributed by atoms with Gasteiger partial charge in [0.2, 0.25) is 10.0 Å². The fraction of sp³-hybridized carbons (Fsp3) is 0.409. The predicted molar refractivity (Wildman–Crippen MR) is 118 cm³/mol. The number of amides is 1. The molecule has 9 heteroatoms. The molecule has 2 rings (SSSR count). The number of nitrogens with zero attached hydrogens (tertiary/aromatic N) is 1. The molecule has 0 fully saturated rings. The lowest BCUT2D eigenvalue weighted by atomic mass is 10.0. The molecule has 0 radical (unpaired) electrons. The number of hydrogen-bond acceptors (Lipinski definition) is 5. The van der Waals surface area contributed by atoms with E-state index in [1.54, 1.807) is 12.1 Å². The molecule has 0 bridgehead atoms. The maximum atomic E-state index is 13.2. The third-order valence-corrected chi connectivity index (χ3v) is 6.57. The van der Waals surface area contributed by atoms with Gasteiger partial charge in [0.05, 0.1) is 24.2 Å². The number of rotatable bonds is 11. The van der Waals surface area contributed by atoms with Gasteiger partial charge in [-0.15, -0.1) is 0 Å². The Balaban J connectivity index is 2.27. The van der Waals surface area contributed by atoms with Gasteiger partial charge in [0.25, 0.3) is 0 Å². The molecule has 170 valence electrons. The minimum atomic E-state index is -3.91. The molecule has 1 amide bonds. The van der Waals surface area contributed by atoms with Crippen molar-refractivity contribution in [1.82, 2.24) is 9.62 Å². The highest BCUT2D eigenvalue weighted by molar-refractivity contribution is 7.89. The van der Waals surface area contributed by atoms with Crippen LogP contribution >= 0.6 is 0 Å². The molecule has 2 aromatic carbocycles. The summed E-state index contributed by atoms with van der Waals surface area (Å²) in [5.41, 5.74) is 0.828. The first-order chi connectivity index (χ1) is 14.6. The molecule has 2 atom stereocenters. The molecule has 0 aliphatic heterocycles. The first-order valence-electron chi connectivity index (χ1n) is 9.99. The lowest BCUT2D eigenvalue weighted by Crippen LogP contribution is -2.50. The van der Waals surface area contributed by atoms with Crippen LogP contribution in [-0.4, -0.2) is 61.4 Å². The topological polar surface area (TPSA) is 116 Å². The quantitative estimate of drug-likeness (QED) is 0.485. The van der Waals surface area contributed by atoms with Crippen molar-refractivity contribution < 1.29 is 28.2 Å². The van der Waals surface area contributed by atoms with Crippen molar-refractivity contribution in [2.45, 2.75) is 37.3 Å². The van der Waals surface area contributed by atoms with Gasteiger partial charge in [-0.2, -0.15) is 4.31 Å². The second-order valence-electron chi connectivity index (χ2n) is 7.70. The zero-order chi connectivity index (χ0) is 23.0. The van der Waals surface area contributed by atoms with E-state index in [4.69, 9.17) is 4.74 Å². The summed E-state index contributed by atoms with van der Waals surface area (Å²) in [7, 11) is -2.42. The van der Waals surface area contributed by atoms with Crippen molar-refractivity contribution in [1.29, 1.82) is 0 Å². The number of methoxy groups -OCH3 is 1. The largest absolute Gasteiger partial charge is 0.497 e. The van der Waals surface area contributed by atoms with E-state index in [0.717, 1.165) is 5.56 Å². The van der Waals surface area contributed by atoms with Crippen LogP contribution in [0, 0.1) is 5.92 Å². The van der Waals surface area contributed by atoms with Crippen molar-refractivity contribution in [2.24, 2.45) is 5.92 Å². The summed E-state index contributed by atoms with van der Waals surface area (Å²) in [4.78, 5) is 11.4. The van der Waals surface area contributed by atoms with Crippen LogP contribution in [0.25, 0.3) is 0 Å². The average molecular weight is 451 g/mol. The Morgan fingerprint density at radius 1 is 1.06 bits per heavy atom. The van der Waals surface area contributed by atoms with Gasteiger partial charge < -0.3 is 20.3 Å². The van der Waals surface area contributed by atoms with Gasteiger partial charge in [0.1, 0.15) is 5.75 Å². The van der Waals surface area contributed by atoms with E-state index < -0.39 is 28.3 Å². The molecule has 0 aliphatic carbocycles. The average Bonchev–Trinajstić information content (AvgIpc) is 2.73. The van der Waals surface area contributed by atoms with Crippen LogP contribution in [-0.2, 0) is 16.4 Å². The van der Waals surface area contributed by atoms with Crippen molar-refractivity contribution >= 4 is 16.1 Å². The van der Waals surface area contributed by atoms with Crippen molar-refractivity contribution in [3.05, 3.63) is 60.2 Å². The van der Waals surface area contributed by atoms with Crippen LogP contribution < -0.4 is 10.1 Å². The van der Waals surface area contributed by atoms with Crippen molar-refractivity contribution in [3.63, 3.8) is 0 Å². The first-order valence-corrected chi connectivity index (χ1v) is 11.4. The molecule has 0 saturated carbocycles. The van der Waals surface area contributed by atoms with E-state index in [1.807, 2.05) is 44.2 Å². The van der Waals surface area contributed by atoms with Gasteiger partial charge in [0, 0.05) is 13.1 Å². The zero-order valence-electron chi connectivity index (χ0n) is 17.9. The monoisotopic (exact) mass is 450 g/mol. The zero-order valence-corrected chi connectivity index (χ0v) is 18.7. The number of ether oxygens (including phenoxy) is 1. The Morgan fingerprint density at radius 3 is 2.19 bits per heavy atom. The Bertz CT molecular complexity index is 932. The normalized spacial score (nSPS) is 13.7. The summed E-state index contributed by atoms with van der Waals surface area (Å²) in [5.74, 6) is 0.531. The van der Waals surface area contributed by atoms with Crippen LogP contribution in [0.15, 0.2) is 59.5 Å². The summed E-state index contributed by atoms with van der Waals surface area (Å²) >= 11 is 0. The molecule has 0 spiro atoms. The van der Waals surface area contributed by atoms with Crippen molar-refractivity contribution in [3.8, 4) is 5.75 Å². The number of sulfonamides is 1. The van der Waals surface area contributed by atoms with Crippen molar-refractivity contribution in [2.75, 3.05) is 20.2 Å². The van der Waals surface area contributed by atoms with Crippen LogP contribution in [0.4, 0.5) is 4.79 Å². The maximum absolute atomic E-state index is 13.2. The van der Waals surface area contributed by atoms with Gasteiger partial charge >= 0.3 is 6.09 Å². The van der Waals surface area contributed by atoms with E-state index in [0.29, 0.717) is 5.75 Å². The van der Waals surface area contributed by atoms with Gasteiger partial charge in [0.15, 0.2) is 0 Å². The van der Waals surface area contributed by atoms with Crippen LogP contribution in [0.1, 0.15) is 19.4 Å². The van der Waals surface area contributed by atoms with E-state index in [-0.39, 0.29) is 30.3 Å². The lowest BCUT2D eigenvalue weighted by molar-refractivity contribution is 0.0980. The second-order valence-corrected chi connectivity index (χ2v) is 9.64. The molecule has 0 aromatic heterocycles. The fourth-order valence-corrected chi connectivity index (χ4v) is 4.84. The third kappa shape index (κ3) is 7.23. The number of nitrogens with one attached hydrogen (secondary N) is 1. The van der Waals surface area contributed by atoms with Gasteiger partial charge in [-0.3, -0.25) is 0 Å². The summed E-state index contributed by atoms with van der Waals surface area (Å²) in [5, 5.41) is 22.4. The van der Waals surface area contributed by atoms with E-state index in [1.165, 1.54) is 23.5 Å². The second kappa shape index (κ2) is 11.1. The molecule has 0 saturated heterocycles. The SMILES string of the molecule is COc1ccc(S(=O)(=O)N(CC(C)C)C[C@H](O)C(Cc2ccccc2)NC(=O)O)cc1. The standard InChI is InChI=1S/C22H30N2O6S/c1-16(2)14-24(31(28,29)19-11-9-18(30-3)10-12-19)15-21(25)20(23-22(26)27)13-17-7-5-4-6-8-17/h4-12,16,20-21,23,25H,13-15H2,1-3H3,(H,26,27)/t20?,21-/m0/s1. The summed E-state index contributed by atoms with van der Waals surface area (Å²) in [6, 6.07) is 14.3. The molecule has 1 unspecified atom stereocenters. The highest BCUT2D eigenvalue weighted by Gasteiger charge is 2.31. The Morgan fingerprint density at radius 2 is 1.68 bits per heavy atom. The Labute approximate surface area is 183 Å². The minimum Gasteiger partial charge on any atom is -0.497 e. The van der Waals surface area contributed by atoms with E-state index in [9.17, 15) is 23.4 Å². The summed E-state index contributed by atoms with van der Waals surface area (Å²) in [6.07, 6.45) is -2.30. The van der Waals surface area contributed by atoms with E-state index >= 15 is 0 Å². The number of aliphatic hydroxyl groups excluding tert-OH is 1. The Kier molecular flexibility index (Phi) is 8.85. The molecular formula is C22H30N2O6S. The molecule has 2 aromatic rings. The van der Waals surface area contributed by atoms with Crippen LogP contribution in [0.5, 0.6) is 5.75 Å². The molecule has 0 aliphatic rings. The third-order valence-electron chi connectivity index (χ3n) is 4.73.